The molecule has 0 saturated carbocycles. The van der Waals surface area contributed by atoms with E-state index >= 15 is 0 Å². The molecular weight excluding hydrogens is 414 g/mol. The second kappa shape index (κ2) is 8.11. The van der Waals surface area contributed by atoms with Crippen molar-refractivity contribution in [2.45, 2.75) is 25.9 Å². The first-order chi connectivity index (χ1) is 15.2. The minimum absolute atomic E-state index is 0.134. The van der Waals surface area contributed by atoms with Crippen molar-refractivity contribution < 1.29 is 33.4 Å². The van der Waals surface area contributed by atoms with Gasteiger partial charge in [0.15, 0.2) is 0 Å². The van der Waals surface area contributed by atoms with Gasteiger partial charge in [-0.1, -0.05) is 38.1 Å². The van der Waals surface area contributed by atoms with Gasteiger partial charge in [-0.25, -0.2) is 4.79 Å². The number of cyclic esters (lactones) is 1. The molecule has 2 heterocycles. The van der Waals surface area contributed by atoms with Crippen molar-refractivity contribution >= 4 is 23.8 Å². The van der Waals surface area contributed by atoms with E-state index in [1.807, 2.05) is 0 Å². The lowest BCUT2D eigenvalue weighted by Gasteiger charge is -2.26. The third-order valence-electron chi connectivity index (χ3n) is 5.79. The Bertz CT molecular complexity index is 1050. The second-order valence-corrected chi connectivity index (χ2v) is 8.51. The quantitative estimate of drug-likeness (QED) is 0.506. The molecule has 2 aromatic carbocycles. The summed E-state index contributed by atoms with van der Waals surface area (Å²) in [5.74, 6) is -2.69. The van der Waals surface area contributed by atoms with Gasteiger partial charge in [-0.15, -0.1) is 0 Å². The Morgan fingerprint density at radius 3 is 2.16 bits per heavy atom. The number of rotatable bonds is 6. The highest BCUT2D eigenvalue weighted by molar-refractivity contribution is 6.21. The monoisotopic (exact) mass is 437 g/mol. The summed E-state index contributed by atoms with van der Waals surface area (Å²) < 4.78 is 15.8. The molecule has 2 aliphatic rings. The molecule has 1 saturated heterocycles. The summed E-state index contributed by atoms with van der Waals surface area (Å²) in [6.45, 7) is 3.44. The molecule has 166 valence electrons. The molecule has 4 rings (SSSR count). The standard InChI is InChI=1S/C24H23NO7/c1-24(2)13-31-23(29)19(24)32-22(28)18(14-8-10-15(30-3)11-9-14)12-25-20(26)16-6-4-5-7-17(16)21(25)27/h4-11,18-19H,12-13H2,1-3H3/t18-,19+/m1/s1. The van der Waals surface area contributed by atoms with Gasteiger partial charge in [-0.3, -0.25) is 19.3 Å². The van der Waals surface area contributed by atoms with Gasteiger partial charge in [0.1, 0.15) is 18.3 Å². The molecule has 0 unspecified atom stereocenters. The average Bonchev–Trinajstić information content (AvgIpc) is 3.19. The molecule has 0 radical (unpaired) electrons. The number of hydrogen-bond acceptors (Lipinski definition) is 7. The van der Waals surface area contributed by atoms with E-state index in [2.05, 4.69) is 0 Å². The van der Waals surface area contributed by atoms with Crippen molar-refractivity contribution in [2.24, 2.45) is 5.41 Å². The number of hydrogen-bond donors (Lipinski definition) is 0. The highest BCUT2D eigenvalue weighted by Gasteiger charge is 2.48. The van der Waals surface area contributed by atoms with Gasteiger partial charge in [0.05, 0.1) is 18.2 Å². The molecule has 8 nitrogen and oxygen atoms in total. The van der Waals surface area contributed by atoms with Crippen LogP contribution in [-0.2, 0) is 19.1 Å². The number of carbonyl (C=O) groups excluding carboxylic acids is 4. The van der Waals surface area contributed by atoms with Crippen LogP contribution in [0.2, 0.25) is 0 Å². The normalized spacial score (nSPS) is 20.0. The maximum Gasteiger partial charge on any atom is 0.348 e. The lowest BCUT2D eigenvalue weighted by molar-refractivity contribution is -0.164. The van der Waals surface area contributed by atoms with Crippen molar-refractivity contribution in [3.63, 3.8) is 0 Å². The summed E-state index contributed by atoms with van der Waals surface area (Å²) in [6.07, 6.45) is -1.07. The zero-order valence-electron chi connectivity index (χ0n) is 18.0. The van der Waals surface area contributed by atoms with Gasteiger partial charge in [0.25, 0.3) is 11.8 Å². The van der Waals surface area contributed by atoms with Gasteiger partial charge in [-0.2, -0.15) is 0 Å². The average molecular weight is 437 g/mol. The number of imide groups is 1. The molecule has 1 fully saturated rings. The summed E-state index contributed by atoms with van der Waals surface area (Å²) >= 11 is 0. The van der Waals surface area contributed by atoms with Crippen LogP contribution in [0.4, 0.5) is 0 Å². The van der Waals surface area contributed by atoms with Crippen molar-refractivity contribution in [2.75, 3.05) is 20.3 Å². The van der Waals surface area contributed by atoms with Crippen LogP contribution in [0, 0.1) is 5.41 Å². The van der Waals surface area contributed by atoms with Crippen LogP contribution in [-0.4, -0.2) is 55.0 Å². The lowest BCUT2D eigenvalue weighted by Crippen LogP contribution is -2.40. The summed E-state index contributed by atoms with van der Waals surface area (Å²) in [4.78, 5) is 52.1. The molecule has 2 aliphatic heterocycles. The predicted octanol–water partition coefficient (Wildman–Crippen LogP) is 2.57. The highest BCUT2D eigenvalue weighted by atomic mass is 16.6. The first kappa shape index (κ1) is 21.5. The van der Waals surface area contributed by atoms with Crippen LogP contribution in [0.3, 0.4) is 0 Å². The molecule has 8 heteroatoms. The first-order valence-corrected chi connectivity index (χ1v) is 10.2. The van der Waals surface area contributed by atoms with Crippen molar-refractivity contribution in [3.05, 3.63) is 65.2 Å². The molecule has 0 N–H and O–H groups in total. The van der Waals surface area contributed by atoms with E-state index < -0.39 is 41.2 Å². The molecule has 0 aliphatic carbocycles. The Kier molecular flexibility index (Phi) is 5.46. The van der Waals surface area contributed by atoms with Gasteiger partial charge >= 0.3 is 11.9 Å². The van der Waals surface area contributed by atoms with E-state index in [4.69, 9.17) is 14.2 Å². The number of esters is 2. The molecule has 2 amide bonds. The number of methoxy groups -OCH3 is 1. The molecule has 0 aromatic heterocycles. The minimum Gasteiger partial charge on any atom is -0.497 e. The zero-order chi connectivity index (χ0) is 23.0. The van der Waals surface area contributed by atoms with E-state index in [-0.39, 0.29) is 13.2 Å². The number of nitrogens with zero attached hydrogens (tertiary/aromatic N) is 1. The predicted molar refractivity (Wildman–Crippen MR) is 112 cm³/mol. The second-order valence-electron chi connectivity index (χ2n) is 8.51. The zero-order valence-corrected chi connectivity index (χ0v) is 18.0. The maximum atomic E-state index is 13.3. The molecular formula is C24H23NO7. The van der Waals surface area contributed by atoms with E-state index in [0.717, 1.165) is 4.90 Å². The van der Waals surface area contributed by atoms with Gasteiger partial charge in [0, 0.05) is 12.0 Å². The molecule has 2 atom stereocenters. The maximum absolute atomic E-state index is 13.3. The van der Waals surface area contributed by atoms with Gasteiger partial charge in [-0.05, 0) is 29.8 Å². The third kappa shape index (κ3) is 3.72. The van der Waals surface area contributed by atoms with Crippen molar-refractivity contribution in [1.29, 1.82) is 0 Å². The number of fused-ring (bicyclic) bond motifs is 1. The largest absolute Gasteiger partial charge is 0.497 e. The van der Waals surface area contributed by atoms with Crippen LogP contribution in [0.25, 0.3) is 0 Å². The van der Waals surface area contributed by atoms with E-state index in [9.17, 15) is 19.2 Å². The third-order valence-corrected chi connectivity index (χ3v) is 5.79. The van der Waals surface area contributed by atoms with Crippen LogP contribution in [0.5, 0.6) is 5.75 Å². The fourth-order valence-electron chi connectivity index (χ4n) is 3.87. The van der Waals surface area contributed by atoms with Crippen molar-refractivity contribution in [3.8, 4) is 5.75 Å². The van der Waals surface area contributed by atoms with Crippen LogP contribution in [0.1, 0.15) is 46.0 Å². The fourth-order valence-corrected chi connectivity index (χ4v) is 3.87. The Labute approximate surface area is 185 Å². The smallest absolute Gasteiger partial charge is 0.348 e. The highest BCUT2D eigenvalue weighted by Crippen LogP contribution is 2.34. The number of benzene rings is 2. The van der Waals surface area contributed by atoms with E-state index in [0.29, 0.717) is 22.4 Å². The Morgan fingerprint density at radius 2 is 1.66 bits per heavy atom. The molecule has 0 spiro atoms. The molecule has 32 heavy (non-hydrogen) atoms. The Morgan fingerprint density at radius 1 is 1.06 bits per heavy atom. The van der Waals surface area contributed by atoms with Gasteiger partial charge < -0.3 is 14.2 Å². The van der Waals surface area contributed by atoms with Crippen molar-refractivity contribution in [1.82, 2.24) is 4.90 Å². The van der Waals surface area contributed by atoms with Crippen LogP contribution in [0.15, 0.2) is 48.5 Å². The van der Waals surface area contributed by atoms with Gasteiger partial charge in [0.2, 0.25) is 6.10 Å². The Balaban J connectivity index is 1.64. The van der Waals surface area contributed by atoms with Crippen LogP contribution >= 0.6 is 0 Å². The summed E-state index contributed by atoms with van der Waals surface area (Å²) in [5, 5.41) is 0. The Hall–Kier alpha value is -3.68. The van der Waals surface area contributed by atoms with E-state index in [1.54, 1.807) is 62.4 Å². The SMILES string of the molecule is COc1ccc([C@@H](CN2C(=O)c3ccccc3C2=O)C(=O)O[C@H]2C(=O)OCC2(C)C)cc1. The number of carbonyl (C=O) groups is 4. The fraction of sp³-hybridized carbons (Fsp3) is 0.333. The minimum atomic E-state index is -1.07. The lowest BCUT2D eigenvalue weighted by atomic mass is 9.89. The number of amides is 2. The summed E-state index contributed by atoms with van der Waals surface area (Å²) in [7, 11) is 1.52. The number of ether oxygens (including phenoxy) is 3. The summed E-state index contributed by atoms with van der Waals surface area (Å²) in [6, 6.07) is 13.2. The first-order valence-electron chi connectivity index (χ1n) is 10.2. The van der Waals surface area contributed by atoms with E-state index in [1.165, 1.54) is 7.11 Å². The molecule has 0 bridgehead atoms. The summed E-state index contributed by atoms with van der Waals surface area (Å²) in [5.41, 5.74) is 0.420. The molecule has 2 aromatic rings. The topological polar surface area (TPSA) is 99.2 Å². The van der Waals surface area contributed by atoms with Crippen LogP contribution < -0.4 is 4.74 Å².